The molecule has 0 bridgehead atoms. The van der Waals surface area contributed by atoms with Crippen molar-refractivity contribution in [3.05, 3.63) is 86.5 Å². The van der Waals surface area contributed by atoms with Gasteiger partial charge in [0.1, 0.15) is 16.5 Å². The monoisotopic (exact) mass is 364 g/mol. The first-order chi connectivity index (χ1) is 12.5. The van der Waals surface area contributed by atoms with Crippen LogP contribution in [0, 0.1) is 19.7 Å². The van der Waals surface area contributed by atoms with Crippen LogP contribution in [0.25, 0.3) is 21.3 Å². The van der Waals surface area contributed by atoms with Gasteiger partial charge in [0.2, 0.25) is 0 Å². The molecule has 0 saturated carbocycles. The first kappa shape index (κ1) is 16.7. The number of aromatic nitrogens is 2. The van der Waals surface area contributed by atoms with Crippen LogP contribution in [0.2, 0.25) is 0 Å². The number of rotatable bonds is 3. The lowest BCUT2D eigenvalue weighted by molar-refractivity contribution is 0.612. The van der Waals surface area contributed by atoms with E-state index in [0.29, 0.717) is 21.6 Å². The summed E-state index contributed by atoms with van der Waals surface area (Å²) in [4.78, 5) is 21.9. The van der Waals surface area contributed by atoms with Gasteiger partial charge in [0.25, 0.3) is 5.56 Å². The van der Waals surface area contributed by atoms with Crippen LogP contribution in [0.15, 0.2) is 53.3 Å². The average Bonchev–Trinajstić information content (AvgIpc) is 2.94. The molecule has 3 nitrogen and oxygen atoms in total. The second kappa shape index (κ2) is 6.50. The summed E-state index contributed by atoms with van der Waals surface area (Å²) in [5.74, 6) is 0.183. The zero-order chi connectivity index (χ0) is 18.3. The van der Waals surface area contributed by atoms with Crippen molar-refractivity contribution in [2.75, 3.05) is 0 Å². The molecule has 2 heterocycles. The summed E-state index contributed by atoms with van der Waals surface area (Å²) in [5.41, 5.74) is 3.44. The predicted octanol–water partition coefficient (Wildman–Crippen LogP) is 5.00. The number of aromatic amines is 1. The molecule has 2 aromatic heterocycles. The van der Waals surface area contributed by atoms with Gasteiger partial charge < -0.3 is 4.98 Å². The predicted molar refractivity (Wildman–Crippen MR) is 104 cm³/mol. The highest BCUT2D eigenvalue weighted by molar-refractivity contribution is 7.19. The summed E-state index contributed by atoms with van der Waals surface area (Å²) in [6.07, 6.45) is 0.259. The van der Waals surface area contributed by atoms with Crippen molar-refractivity contribution in [1.82, 2.24) is 9.97 Å². The first-order valence-corrected chi connectivity index (χ1v) is 9.17. The molecule has 0 aliphatic rings. The number of hydrogen-bond acceptors (Lipinski definition) is 3. The summed E-state index contributed by atoms with van der Waals surface area (Å²) in [7, 11) is 0. The Kier molecular flexibility index (Phi) is 4.17. The third kappa shape index (κ3) is 2.95. The minimum Gasteiger partial charge on any atom is -0.310 e. The summed E-state index contributed by atoms with van der Waals surface area (Å²) in [6, 6.07) is 14.7. The molecule has 0 spiro atoms. The van der Waals surface area contributed by atoms with E-state index in [0.717, 1.165) is 16.0 Å². The molecular formula is C21H17FN2OS. The first-order valence-electron chi connectivity index (χ1n) is 8.35. The fourth-order valence-electron chi connectivity index (χ4n) is 3.14. The molecule has 5 heteroatoms. The second-order valence-electron chi connectivity index (χ2n) is 6.36. The third-order valence-electron chi connectivity index (χ3n) is 4.44. The lowest BCUT2D eigenvalue weighted by Gasteiger charge is -2.04. The molecule has 0 atom stereocenters. The molecule has 130 valence electrons. The van der Waals surface area contributed by atoms with Crippen LogP contribution < -0.4 is 5.56 Å². The fraction of sp³-hybridized carbons (Fsp3) is 0.143. The van der Waals surface area contributed by atoms with Gasteiger partial charge in [-0.25, -0.2) is 9.37 Å². The Morgan fingerprint density at radius 3 is 2.54 bits per heavy atom. The molecule has 4 aromatic rings. The van der Waals surface area contributed by atoms with Crippen molar-refractivity contribution in [2.24, 2.45) is 0 Å². The highest BCUT2D eigenvalue weighted by Crippen LogP contribution is 2.35. The SMILES string of the molecule is Cc1ccc(-c2c(C)sc3nc(Cc4ccccc4F)[nH]c(=O)c23)cc1. The number of nitrogens with zero attached hydrogens (tertiary/aromatic N) is 1. The molecule has 0 aliphatic carbocycles. The van der Waals surface area contributed by atoms with Crippen LogP contribution in [-0.2, 0) is 6.42 Å². The number of fused-ring (bicyclic) bond motifs is 1. The van der Waals surface area contributed by atoms with Crippen molar-refractivity contribution in [3.63, 3.8) is 0 Å². The van der Waals surface area contributed by atoms with E-state index in [1.54, 1.807) is 18.2 Å². The molecule has 0 unspecified atom stereocenters. The maximum absolute atomic E-state index is 13.9. The summed E-state index contributed by atoms with van der Waals surface area (Å²) in [6.45, 7) is 4.03. The van der Waals surface area contributed by atoms with Crippen LogP contribution in [0.3, 0.4) is 0 Å². The Bertz CT molecular complexity index is 1160. The lowest BCUT2D eigenvalue weighted by atomic mass is 10.0. The standard InChI is InChI=1S/C21H17FN2OS/c1-12-7-9-14(10-8-12)18-13(2)26-21-19(18)20(25)23-17(24-21)11-15-5-3-4-6-16(15)22/h3-10H,11H2,1-2H3,(H,23,24,25). The second-order valence-corrected chi connectivity index (χ2v) is 7.56. The molecule has 0 radical (unpaired) electrons. The van der Waals surface area contributed by atoms with Gasteiger partial charge in [-0.1, -0.05) is 48.0 Å². The Balaban J connectivity index is 1.83. The van der Waals surface area contributed by atoms with Gasteiger partial charge in [-0.3, -0.25) is 4.79 Å². The zero-order valence-corrected chi connectivity index (χ0v) is 15.3. The van der Waals surface area contributed by atoms with Crippen molar-refractivity contribution >= 4 is 21.6 Å². The number of nitrogens with one attached hydrogen (secondary N) is 1. The zero-order valence-electron chi connectivity index (χ0n) is 14.5. The number of aryl methyl sites for hydroxylation is 2. The van der Waals surface area contributed by atoms with Gasteiger partial charge in [-0.05, 0) is 31.0 Å². The van der Waals surface area contributed by atoms with Gasteiger partial charge in [0.15, 0.2) is 0 Å². The Labute approximate surface area is 154 Å². The minimum atomic E-state index is -0.294. The fourth-order valence-corrected chi connectivity index (χ4v) is 4.20. The normalized spacial score (nSPS) is 11.2. The Morgan fingerprint density at radius 2 is 1.81 bits per heavy atom. The summed E-state index contributed by atoms with van der Waals surface area (Å²) < 4.78 is 13.9. The molecule has 0 aliphatic heterocycles. The van der Waals surface area contributed by atoms with Gasteiger partial charge in [0, 0.05) is 16.9 Å². The number of thiophene rings is 1. The largest absolute Gasteiger partial charge is 0.310 e. The summed E-state index contributed by atoms with van der Waals surface area (Å²) >= 11 is 1.50. The number of hydrogen-bond donors (Lipinski definition) is 1. The molecule has 26 heavy (non-hydrogen) atoms. The Hall–Kier alpha value is -2.79. The summed E-state index contributed by atoms with van der Waals surface area (Å²) in [5, 5.41) is 0.605. The smallest absolute Gasteiger partial charge is 0.260 e. The van der Waals surface area contributed by atoms with Crippen LogP contribution in [0.5, 0.6) is 0 Å². The van der Waals surface area contributed by atoms with Crippen LogP contribution in [0.4, 0.5) is 4.39 Å². The topological polar surface area (TPSA) is 45.8 Å². The van der Waals surface area contributed by atoms with Crippen molar-refractivity contribution in [2.45, 2.75) is 20.3 Å². The minimum absolute atomic E-state index is 0.179. The molecule has 1 N–H and O–H groups in total. The van der Waals surface area contributed by atoms with E-state index in [2.05, 4.69) is 9.97 Å². The molecule has 4 rings (SSSR count). The highest BCUT2D eigenvalue weighted by atomic mass is 32.1. The van der Waals surface area contributed by atoms with Crippen molar-refractivity contribution in [1.29, 1.82) is 0 Å². The maximum Gasteiger partial charge on any atom is 0.260 e. The van der Waals surface area contributed by atoms with E-state index >= 15 is 0 Å². The van der Waals surface area contributed by atoms with E-state index in [-0.39, 0.29) is 17.8 Å². The number of benzene rings is 2. The highest BCUT2D eigenvalue weighted by Gasteiger charge is 2.17. The van der Waals surface area contributed by atoms with E-state index in [1.807, 2.05) is 38.1 Å². The van der Waals surface area contributed by atoms with Gasteiger partial charge in [-0.15, -0.1) is 11.3 Å². The van der Waals surface area contributed by atoms with Crippen LogP contribution in [-0.4, -0.2) is 9.97 Å². The third-order valence-corrected chi connectivity index (χ3v) is 5.44. The van der Waals surface area contributed by atoms with E-state index in [9.17, 15) is 9.18 Å². The lowest BCUT2D eigenvalue weighted by Crippen LogP contribution is -2.12. The van der Waals surface area contributed by atoms with E-state index < -0.39 is 0 Å². The van der Waals surface area contributed by atoms with Crippen molar-refractivity contribution in [3.8, 4) is 11.1 Å². The van der Waals surface area contributed by atoms with Crippen LogP contribution in [0.1, 0.15) is 21.8 Å². The van der Waals surface area contributed by atoms with Crippen LogP contribution >= 0.6 is 11.3 Å². The molecule has 0 fully saturated rings. The number of H-pyrrole nitrogens is 1. The van der Waals surface area contributed by atoms with Crippen molar-refractivity contribution < 1.29 is 4.39 Å². The molecule has 2 aromatic carbocycles. The quantitative estimate of drug-likeness (QED) is 0.556. The Morgan fingerprint density at radius 1 is 1.08 bits per heavy atom. The average molecular weight is 364 g/mol. The van der Waals surface area contributed by atoms with Gasteiger partial charge >= 0.3 is 0 Å². The maximum atomic E-state index is 13.9. The molecule has 0 amide bonds. The van der Waals surface area contributed by atoms with Gasteiger partial charge in [0.05, 0.1) is 5.39 Å². The molecule has 0 saturated heterocycles. The van der Waals surface area contributed by atoms with Gasteiger partial charge in [-0.2, -0.15) is 0 Å². The van der Waals surface area contributed by atoms with E-state index in [4.69, 9.17) is 0 Å². The van der Waals surface area contributed by atoms with E-state index in [1.165, 1.54) is 23.0 Å². The molecular weight excluding hydrogens is 347 g/mol. The number of halogens is 1.